The van der Waals surface area contributed by atoms with Gasteiger partial charge in [-0.2, -0.15) is 0 Å². The number of nitrogens with two attached hydrogens (primary N) is 1. The van der Waals surface area contributed by atoms with E-state index < -0.39 is 6.04 Å². The molecule has 2 atom stereocenters. The number of carbonyl (C=O) groups excluding carboxylic acids is 2. The Labute approximate surface area is 137 Å². The van der Waals surface area contributed by atoms with Gasteiger partial charge in [0.25, 0.3) is 5.91 Å². The fourth-order valence-electron chi connectivity index (χ4n) is 3.01. The minimum Gasteiger partial charge on any atom is -0.349 e. The van der Waals surface area contributed by atoms with E-state index in [4.69, 9.17) is 5.73 Å². The number of carbonyl (C=O) groups is 2. The smallest absolute Gasteiger partial charge is 0.253 e. The second-order valence-electron chi connectivity index (χ2n) is 6.40. The molecule has 0 aromatic carbocycles. The molecule has 0 aliphatic carbocycles. The number of hydrogen-bond acceptors (Lipinski definition) is 4. The molecule has 2 rings (SSSR count). The first kappa shape index (κ1) is 17.4. The van der Waals surface area contributed by atoms with E-state index in [2.05, 4.69) is 10.3 Å². The molecule has 126 valence electrons. The maximum Gasteiger partial charge on any atom is 0.253 e. The van der Waals surface area contributed by atoms with Crippen LogP contribution in [-0.2, 0) is 4.79 Å². The fraction of sp³-hybridized carbons (Fsp3) is 0.588. The van der Waals surface area contributed by atoms with E-state index in [0.717, 1.165) is 18.4 Å². The summed E-state index contributed by atoms with van der Waals surface area (Å²) in [7, 11) is 0. The van der Waals surface area contributed by atoms with E-state index >= 15 is 0 Å². The Morgan fingerprint density at radius 2 is 2.00 bits per heavy atom. The largest absolute Gasteiger partial charge is 0.349 e. The average molecular weight is 318 g/mol. The van der Waals surface area contributed by atoms with Crippen molar-refractivity contribution >= 4 is 11.8 Å². The summed E-state index contributed by atoms with van der Waals surface area (Å²) in [5.74, 6) is 0.288. The molecule has 6 heteroatoms. The molecule has 0 bridgehead atoms. The summed E-state index contributed by atoms with van der Waals surface area (Å²) in [5, 5.41) is 3.07. The maximum atomic E-state index is 12.3. The molecule has 1 saturated heterocycles. The van der Waals surface area contributed by atoms with Crippen molar-refractivity contribution in [2.24, 2.45) is 11.7 Å². The van der Waals surface area contributed by atoms with Crippen molar-refractivity contribution in [3.05, 3.63) is 29.6 Å². The molecule has 0 saturated carbocycles. The van der Waals surface area contributed by atoms with E-state index in [1.54, 1.807) is 19.3 Å². The predicted molar refractivity (Wildman–Crippen MR) is 88.9 cm³/mol. The molecule has 1 aliphatic rings. The topological polar surface area (TPSA) is 88.3 Å². The molecule has 1 fully saturated rings. The Morgan fingerprint density at radius 1 is 1.35 bits per heavy atom. The van der Waals surface area contributed by atoms with Crippen LogP contribution in [0.25, 0.3) is 0 Å². The van der Waals surface area contributed by atoms with E-state index in [0.29, 0.717) is 24.6 Å². The number of nitrogens with one attached hydrogen (secondary N) is 1. The van der Waals surface area contributed by atoms with Gasteiger partial charge >= 0.3 is 0 Å². The van der Waals surface area contributed by atoms with Crippen molar-refractivity contribution < 1.29 is 9.59 Å². The Hall–Kier alpha value is -1.95. The van der Waals surface area contributed by atoms with Crippen LogP contribution in [0.2, 0.25) is 0 Å². The Bertz CT molecular complexity index is 565. The van der Waals surface area contributed by atoms with Crippen LogP contribution in [0.1, 0.15) is 42.6 Å². The van der Waals surface area contributed by atoms with Crippen LogP contribution in [0.4, 0.5) is 0 Å². The first-order valence-electron chi connectivity index (χ1n) is 8.16. The molecule has 2 heterocycles. The number of rotatable bonds is 4. The van der Waals surface area contributed by atoms with Crippen LogP contribution in [-0.4, -0.2) is 46.9 Å². The quantitative estimate of drug-likeness (QED) is 0.870. The van der Waals surface area contributed by atoms with Crippen LogP contribution in [0, 0.1) is 12.8 Å². The number of pyridine rings is 1. The first-order chi connectivity index (χ1) is 10.9. The van der Waals surface area contributed by atoms with Crippen LogP contribution in [0.5, 0.6) is 0 Å². The normalized spacial score (nSPS) is 18.3. The lowest BCUT2D eigenvalue weighted by molar-refractivity contribution is -0.133. The summed E-state index contributed by atoms with van der Waals surface area (Å²) in [6, 6.07) is 1.45. The van der Waals surface area contributed by atoms with Crippen LogP contribution in [0.3, 0.4) is 0 Å². The van der Waals surface area contributed by atoms with Gasteiger partial charge in [0, 0.05) is 31.5 Å². The highest BCUT2D eigenvalue weighted by Gasteiger charge is 2.28. The zero-order valence-corrected chi connectivity index (χ0v) is 14.1. The van der Waals surface area contributed by atoms with Gasteiger partial charge in [0.05, 0.1) is 11.6 Å². The van der Waals surface area contributed by atoms with Gasteiger partial charge in [-0.3, -0.25) is 14.6 Å². The molecule has 0 spiro atoms. The van der Waals surface area contributed by atoms with E-state index in [1.165, 1.54) is 0 Å². The number of hydrogen-bond donors (Lipinski definition) is 2. The third-order valence-electron chi connectivity index (χ3n) is 4.59. The number of amides is 2. The minimum atomic E-state index is -0.447. The van der Waals surface area contributed by atoms with Gasteiger partial charge < -0.3 is 16.0 Å². The highest BCUT2D eigenvalue weighted by molar-refractivity contribution is 5.95. The lowest BCUT2D eigenvalue weighted by atomic mass is 9.90. The molecule has 1 aromatic heterocycles. The molecular formula is C17H26N4O2. The van der Waals surface area contributed by atoms with Gasteiger partial charge in [-0.25, -0.2) is 0 Å². The summed E-state index contributed by atoms with van der Waals surface area (Å²) in [5.41, 5.74) is 7.18. The van der Waals surface area contributed by atoms with Gasteiger partial charge in [-0.15, -0.1) is 0 Å². The molecule has 0 radical (unpaired) electrons. The highest BCUT2D eigenvalue weighted by Crippen LogP contribution is 2.21. The SMILES string of the molecule is Cc1ccncc1C(=O)NC(C)C1CCN(C(=O)C(C)N)CC1. The van der Waals surface area contributed by atoms with Gasteiger partial charge in [0.1, 0.15) is 0 Å². The van der Waals surface area contributed by atoms with Crippen molar-refractivity contribution in [1.29, 1.82) is 0 Å². The molecule has 1 aromatic rings. The van der Waals surface area contributed by atoms with Gasteiger partial charge in [-0.05, 0) is 51.2 Å². The molecule has 3 N–H and O–H groups in total. The lowest BCUT2D eigenvalue weighted by Gasteiger charge is -2.35. The zero-order chi connectivity index (χ0) is 17.0. The molecule has 6 nitrogen and oxygen atoms in total. The molecule has 1 aliphatic heterocycles. The summed E-state index contributed by atoms with van der Waals surface area (Å²) in [6.45, 7) is 7.05. The second kappa shape index (κ2) is 7.55. The third-order valence-corrected chi connectivity index (χ3v) is 4.59. The first-order valence-corrected chi connectivity index (χ1v) is 8.16. The number of aromatic nitrogens is 1. The third kappa shape index (κ3) is 4.28. The molecular weight excluding hydrogens is 292 g/mol. The number of likely N-dealkylation sites (tertiary alicyclic amines) is 1. The standard InChI is InChI=1S/C17H26N4O2/c1-11-4-7-19-10-15(11)16(22)20-13(3)14-5-8-21(9-6-14)17(23)12(2)18/h4,7,10,12-14H,5-6,8-9,18H2,1-3H3,(H,20,22). The molecule has 2 unspecified atom stereocenters. The van der Waals surface area contributed by atoms with Gasteiger partial charge in [0.15, 0.2) is 0 Å². The van der Waals surface area contributed by atoms with E-state index in [-0.39, 0.29) is 17.9 Å². The Kier molecular flexibility index (Phi) is 5.71. The summed E-state index contributed by atoms with van der Waals surface area (Å²) in [6.07, 6.45) is 5.04. The van der Waals surface area contributed by atoms with E-state index in [9.17, 15) is 9.59 Å². The Balaban J connectivity index is 1.88. The average Bonchev–Trinajstić information content (AvgIpc) is 2.54. The number of nitrogens with zero attached hydrogens (tertiary/aromatic N) is 2. The van der Waals surface area contributed by atoms with Crippen molar-refractivity contribution in [2.75, 3.05) is 13.1 Å². The molecule has 23 heavy (non-hydrogen) atoms. The number of aryl methyl sites for hydroxylation is 1. The predicted octanol–water partition coefficient (Wildman–Crippen LogP) is 1.09. The van der Waals surface area contributed by atoms with Gasteiger partial charge in [-0.1, -0.05) is 0 Å². The van der Waals surface area contributed by atoms with Crippen molar-refractivity contribution in [2.45, 2.75) is 45.7 Å². The number of piperidine rings is 1. The van der Waals surface area contributed by atoms with Crippen LogP contribution >= 0.6 is 0 Å². The monoisotopic (exact) mass is 318 g/mol. The van der Waals surface area contributed by atoms with Crippen LogP contribution in [0.15, 0.2) is 18.5 Å². The van der Waals surface area contributed by atoms with Gasteiger partial charge in [0.2, 0.25) is 5.91 Å². The Morgan fingerprint density at radius 3 is 2.57 bits per heavy atom. The van der Waals surface area contributed by atoms with Crippen LogP contribution < -0.4 is 11.1 Å². The van der Waals surface area contributed by atoms with Crippen molar-refractivity contribution in [3.63, 3.8) is 0 Å². The summed E-state index contributed by atoms with van der Waals surface area (Å²) in [4.78, 5) is 30.1. The van der Waals surface area contributed by atoms with Crippen molar-refractivity contribution in [1.82, 2.24) is 15.2 Å². The molecule has 2 amide bonds. The minimum absolute atomic E-state index is 0.00567. The fourth-order valence-corrected chi connectivity index (χ4v) is 3.01. The zero-order valence-electron chi connectivity index (χ0n) is 14.1. The maximum absolute atomic E-state index is 12.3. The lowest BCUT2D eigenvalue weighted by Crippen LogP contribution is -2.49. The summed E-state index contributed by atoms with van der Waals surface area (Å²) >= 11 is 0. The highest BCUT2D eigenvalue weighted by atomic mass is 16.2. The van der Waals surface area contributed by atoms with E-state index in [1.807, 2.05) is 24.8 Å². The second-order valence-corrected chi connectivity index (χ2v) is 6.40. The summed E-state index contributed by atoms with van der Waals surface area (Å²) < 4.78 is 0. The van der Waals surface area contributed by atoms with Crippen molar-refractivity contribution in [3.8, 4) is 0 Å².